The first-order valence-electron chi connectivity index (χ1n) is 1.70. The lowest BCUT2D eigenvalue weighted by molar-refractivity contribution is 0.222. The third-order valence-corrected chi connectivity index (χ3v) is 0.684. The highest BCUT2D eigenvalue weighted by Crippen LogP contribution is 2.11. The molecule has 0 heterocycles. The van der Waals surface area contributed by atoms with Crippen LogP contribution in [0.25, 0.3) is 0 Å². The van der Waals surface area contributed by atoms with Gasteiger partial charge in [-0.15, -0.1) is 0 Å². The summed E-state index contributed by atoms with van der Waals surface area (Å²) in [6, 6.07) is -2.64. The van der Waals surface area contributed by atoms with Crippen LogP contribution in [0, 0.1) is 0 Å². The summed E-state index contributed by atoms with van der Waals surface area (Å²) in [5.74, 6) is 0. The zero-order valence-corrected chi connectivity index (χ0v) is 5.03. The first-order chi connectivity index (χ1) is 4.33. The molecule has 0 rings (SSSR count). The SMILES string of the molecule is O=S(=O)(O)OC(F)=C(F)F. The van der Waals surface area contributed by atoms with Crippen LogP contribution in [0.5, 0.6) is 0 Å². The van der Waals surface area contributed by atoms with E-state index in [1.165, 1.54) is 0 Å². The first kappa shape index (κ1) is 9.24. The molecule has 0 unspecified atom stereocenters. The third kappa shape index (κ3) is 4.15. The molecule has 1 N–H and O–H groups in total. The monoisotopic (exact) mass is 178 g/mol. The summed E-state index contributed by atoms with van der Waals surface area (Å²) in [4.78, 5) is 0. The fraction of sp³-hybridized carbons (Fsp3) is 0. The molecule has 0 bridgehead atoms. The summed E-state index contributed by atoms with van der Waals surface area (Å²) in [5.41, 5.74) is 0. The van der Waals surface area contributed by atoms with Crippen LogP contribution in [0.3, 0.4) is 0 Å². The minimum Gasteiger partial charge on any atom is -0.326 e. The fourth-order valence-electron chi connectivity index (χ4n) is 0.124. The van der Waals surface area contributed by atoms with Crippen molar-refractivity contribution in [3.05, 3.63) is 12.1 Å². The molecule has 0 aromatic rings. The van der Waals surface area contributed by atoms with E-state index in [-0.39, 0.29) is 0 Å². The molecule has 0 aliphatic carbocycles. The van der Waals surface area contributed by atoms with Crippen LogP contribution in [0.4, 0.5) is 13.2 Å². The average molecular weight is 178 g/mol. The van der Waals surface area contributed by atoms with Crippen molar-refractivity contribution in [2.75, 3.05) is 0 Å². The Kier molecular flexibility index (Phi) is 2.66. The summed E-state index contributed by atoms with van der Waals surface area (Å²) in [7, 11) is -5.18. The Morgan fingerprint density at radius 1 is 1.30 bits per heavy atom. The fourth-order valence-corrected chi connectivity index (χ4v) is 0.372. The van der Waals surface area contributed by atoms with Crippen molar-refractivity contribution in [3.63, 3.8) is 0 Å². The van der Waals surface area contributed by atoms with E-state index in [0.717, 1.165) is 0 Å². The molecule has 60 valence electrons. The van der Waals surface area contributed by atoms with E-state index < -0.39 is 22.5 Å². The Bertz CT molecular complexity index is 237. The molecule has 0 radical (unpaired) electrons. The van der Waals surface area contributed by atoms with Crippen LogP contribution in [-0.2, 0) is 14.6 Å². The van der Waals surface area contributed by atoms with Gasteiger partial charge >= 0.3 is 22.5 Å². The Morgan fingerprint density at radius 2 is 1.70 bits per heavy atom. The average Bonchev–Trinajstić information content (AvgIpc) is 1.60. The van der Waals surface area contributed by atoms with Gasteiger partial charge in [0, 0.05) is 0 Å². The molecule has 0 aromatic heterocycles. The third-order valence-electron chi connectivity index (χ3n) is 0.327. The Hall–Kier alpha value is -0.760. The lowest BCUT2D eigenvalue weighted by Crippen LogP contribution is -2.01. The van der Waals surface area contributed by atoms with E-state index in [2.05, 4.69) is 4.18 Å². The number of halogens is 3. The Balaban J connectivity index is 4.35. The van der Waals surface area contributed by atoms with Crippen molar-refractivity contribution < 1.29 is 30.3 Å². The van der Waals surface area contributed by atoms with Crippen LogP contribution >= 0.6 is 0 Å². The second-order valence-corrected chi connectivity index (χ2v) is 2.07. The molecular weight excluding hydrogens is 177 g/mol. The van der Waals surface area contributed by atoms with Gasteiger partial charge in [0.25, 0.3) is 0 Å². The van der Waals surface area contributed by atoms with E-state index >= 15 is 0 Å². The number of hydrogen-bond acceptors (Lipinski definition) is 3. The summed E-state index contributed by atoms with van der Waals surface area (Å²) in [5, 5.41) is 0. The molecule has 0 fully saturated rings. The largest absolute Gasteiger partial charge is 0.448 e. The van der Waals surface area contributed by atoms with Gasteiger partial charge in [0.15, 0.2) is 0 Å². The van der Waals surface area contributed by atoms with Crippen LogP contribution in [-0.4, -0.2) is 13.0 Å². The molecule has 0 amide bonds. The van der Waals surface area contributed by atoms with Gasteiger partial charge in [-0.05, 0) is 0 Å². The molecule has 0 atom stereocenters. The van der Waals surface area contributed by atoms with Gasteiger partial charge in [0.1, 0.15) is 0 Å². The van der Waals surface area contributed by atoms with Gasteiger partial charge in [-0.3, -0.25) is 4.55 Å². The second kappa shape index (κ2) is 2.88. The zero-order chi connectivity index (χ0) is 8.36. The van der Waals surface area contributed by atoms with E-state index in [0.29, 0.717) is 0 Å². The lowest BCUT2D eigenvalue weighted by Gasteiger charge is -1.93. The first-order valence-corrected chi connectivity index (χ1v) is 3.07. The maximum absolute atomic E-state index is 11.4. The summed E-state index contributed by atoms with van der Waals surface area (Å²) in [6.07, 6.45) is -2.96. The van der Waals surface area contributed by atoms with Crippen LogP contribution in [0.2, 0.25) is 0 Å². The van der Waals surface area contributed by atoms with E-state index in [1.54, 1.807) is 0 Å². The van der Waals surface area contributed by atoms with Crippen LogP contribution in [0.1, 0.15) is 0 Å². The van der Waals surface area contributed by atoms with E-state index in [9.17, 15) is 21.6 Å². The number of hydrogen-bond donors (Lipinski definition) is 1. The molecule has 0 saturated carbocycles. The topological polar surface area (TPSA) is 63.6 Å². The quantitative estimate of drug-likeness (QED) is 0.502. The smallest absolute Gasteiger partial charge is 0.326 e. The van der Waals surface area contributed by atoms with Gasteiger partial charge in [0.05, 0.1) is 0 Å². The van der Waals surface area contributed by atoms with Gasteiger partial charge in [-0.25, -0.2) is 0 Å². The Labute approximate surface area is 53.9 Å². The molecule has 8 heteroatoms. The minimum absolute atomic E-state index is 2.64. The summed E-state index contributed by atoms with van der Waals surface area (Å²) >= 11 is 0. The predicted molar refractivity (Wildman–Crippen MR) is 23.0 cm³/mol. The molecule has 10 heavy (non-hydrogen) atoms. The molecule has 0 spiro atoms. The van der Waals surface area contributed by atoms with E-state index in [4.69, 9.17) is 4.55 Å². The normalized spacial score (nSPS) is 10.8. The Morgan fingerprint density at radius 3 is 1.80 bits per heavy atom. The predicted octanol–water partition coefficient (Wildman–Crippen LogP) is 0.841. The lowest BCUT2D eigenvalue weighted by atomic mass is 11.0. The zero-order valence-electron chi connectivity index (χ0n) is 4.21. The highest BCUT2D eigenvalue weighted by Gasteiger charge is 2.14. The molecule has 4 nitrogen and oxygen atoms in total. The van der Waals surface area contributed by atoms with Crippen molar-refractivity contribution in [1.29, 1.82) is 0 Å². The van der Waals surface area contributed by atoms with Gasteiger partial charge < -0.3 is 4.18 Å². The second-order valence-electron chi connectivity index (χ2n) is 1.05. The van der Waals surface area contributed by atoms with Crippen molar-refractivity contribution in [2.45, 2.75) is 0 Å². The maximum Gasteiger partial charge on any atom is 0.448 e. The van der Waals surface area contributed by atoms with E-state index in [1.807, 2.05) is 0 Å². The van der Waals surface area contributed by atoms with Gasteiger partial charge in [0.2, 0.25) is 0 Å². The molecular formula is C2HF3O4S. The van der Waals surface area contributed by atoms with Crippen molar-refractivity contribution in [3.8, 4) is 0 Å². The van der Waals surface area contributed by atoms with Gasteiger partial charge in [-0.2, -0.15) is 21.6 Å². The molecule has 0 aromatic carbocycles. The van der Waals surface area contributed by atoms with Crippen LogP contribution in [0.15, 0.2) is 12.1 Å². The standard InChI is InChI=1S/C2HF3O4S/c3-1(4)2(5)9-10(6,7)8/h(H,6,7,8). The maximum atomic E-state index is 11.4. The summed E-state index contributed by atoms with van der Waals surface area (Å²) < 4.78 is 62.5. The minimum atomic E-state index is -5.18. The van der Waals surface area contributed by atoms with Crippen molar-refractivity contribution in [2.24, 2.45) is 0 Å². The molecule has 0 aliphatic heterocycles. The van der Waals surface area contributed by atoms with Crippen LogP contribution < -0.4 is 0 Å². The van der Waals surface area contributed by atoms with Crippen molar-refractivity contribution >= 4 is 10.4 Å². The highest BCUT2D eigenvalue weighted by atomic mass is 32.3. The highest BCUT2D eigenvalue weighted by molar-refractivity contribution is 7.81. The summed E-state index contributed by atoms with van der Waals surface area (Å²) in [6.45, 7) is 0. The van der Waals surface area contributed by atoms with Gasteiger partial charge in [-0.1, -0.05) is 0 Å². The van der Waals surface area contributed by atoms with Crippen molar-refractivity contribution in [1.82, 2.24) is 0 Å². The molecule has 0 aliphatic rings. The number of rotatable bonds is 2. The molecule has 0 saturated heterocycles.